The SMILES string of the molecule is NC(=O)CCC(NC(=O)C1CCCN1C(=O)C(N)CCC(=O)O)C(=O)NCC(=O)O. The molecule has 4 amide bonds. The number of carboxylic acids is 2. The Morgan fingerprint density at radius 1 is 1.03 bits per heavy atom. The summed E-state index contributed by atoms with van der Waals surface area (Å²) in [5.41, 5.74) is 10.8. The van der Waals surface area contributed by atoms with E-state index in [0.717, 1.165) is 0 Å². The van der Waals surface area contributed by atoms with Crippen LogP contribution in [-0.4, -0.2) is 81.9 Å². The molecular weight excluding hydrogens is 402 g/mol. The third-order valence-corrected chi connectivity index (χ3v) is 4.55. The van der Waals surface area contributed by atoms with E-state index in [1.165, 1.54) is 4.90 Å². The van der Waals surface area contributed by atoms with Crippen molar-refractivity contribution in [3.05, 3.63) is 0 Å². The summed E-state index contributed by atoms with van der Waals surface area (Å²) in [5, 5.41) is 21.9. The third-order valence-electron chi connectivity index (χ3n) is 4.55. The van der Waals surface area contributed by atoms with Gasteiger partial charge in [-0.2, -0.15) is 0 Å². The molecule has 0 aromatic heterocycles. The molecule has 0 saturated carbocycles. The van der Waals surface area contributed by atoms with Gasteiger partial charge in [-0.1, -0.05) is 0 Å². The maximum atomic E-state index is 12.7. The highest BCUT2D eigenvalue weighted by atomic mass is 16.4. The number of carboxylic acid groups (broad SMARTS) is 2. The molecule has 1 aliphatic rings. The minimum atomic E-state index is -1.29. The van der Waals surface area contributed by atoms with Crippen LogP contribution in [0.15, 0.2) is 0 Å². The Balaban J connectivity index is 2.80. The van der Waals surface area contributed by atoms with Crippen LogP contribution in [0.1, 0.15) is 38.5 Å². The lowest BCUT2D eigenvalue weighted by molar-refractivity contribution is -0.142. The summed E-state index contributed by atoms with van der Waals surface area (Å²) in [6.45, 7) is -0.427. The number of nitrogens with two attached hydrogens (primary N) is 2. The molecule has 1 saturated heterocycles. The van der Waals surface area contributed by atoms with Crippen molar-refractivity contribution in [2.24, 2.45) is 11.5 Å². The first-order valence-electron chi connectivity index (χ1n) is 9.39. The fraction of sp³-hybridized carbons (Fsp3) is 0.647. The second kappa shape index (κ2) is 11.7. The van der Waals surface area contributed by atoms with E-state index < -0.39 is 60.2 Å². The normalized spacial score (nSPS) is 17.6. The summed E-state index contributed by atoms with van der Waals surface area (Å²) in [4.78, 5) is 71.0. The van der Waals surface area contributed by atoms with E-state index in [1.807, 2.05) is 0 Å². The van der Waals surface area contributed by atoms with Crippen molar-refractivity contribution in [2.75, 3.05) is 13.1 Å². The minimum absolute atomic E-state index is 0.0855. The summed E-state index contributed by atoms with van der Waals surface area (Å²) in [5.74, 6) is -5.13. The van der Waals surface area contributed by atoms with Gasteiger partial charge in [0, 0.05) is 19.4 Å². The molecule has 13 nitrogen and oxygen atoms in total. The Bertz CT molecular complexity index is 698. The maximum absolute atomic E-state index is 12.7. The standard InChI is InChI=1S/C17H27N5O8/c18-9(3-6-13(24)25)17(30)22-7-1-2-11(22)16(29)21-10(4-5-12(19)23)15(28)20-8-14(26)27/h9-11H,1-8,18H2,(H2,19,23)(H,20,28)(H,21,29)(H,24,25)(H,26,27). The molecule has 0 bridgehead atoms. The Kier molecular flexibility index (Phi) is 9.68. The fourth-order valence-corrected chi connectivity index (χ4v) is 3.03. The van der Waals surface area contributed by atoms with Crippen LogP contribution < -0.4 is 22.1 Å². The van der Waals surface area contributed by atoms with E-state index in [0.29, 0.717) is 12.8 Å². The Morgan fingerprint density at radius 2 is 1.70 bits per heavy atom. The molecule has 0 aliphatic carbocycles. The molecule has 1 rings (SSSR count). The van der Waals surface area contributed by atoms with E-state index in [2.05, 4.69) is 10.6 Å². The maximum Gasteiger partial charge on any atom is 0.322 e. The predicted molar refractivity (Wildman–Crippen MR) is 101 cm³/mol. The molecule has 3 atom stereocenters. The number of rotatable bonds is 12. The molecule has 0 spiro atoms. The topological polar surface area (TPSA) is 222 Å². The van der Waals surface area contributed by atoms with Crippen molar-refractivity contribution in [2.45, 2.75) is 56.7 Å². The van der Waals surface area contributed by atoms with Crippen LogP contribution in [0.5, 0.6) is 0 Å². The highest BCUT2D eigenvalue weighted by Crippen LogP contribution is 2.19. The molecule has 30 heavy (non-hydrogen) atoms. The van der Waals surface area contributed by atoms with Gasteiger partial charge in [0.1, 0.15) is 18.6 Å². The summed E-state index contributed by atoms with van der Waals surface area (Å²) < 4.78 is 0. The zero-order valence-electron chi connectivity index (χ0n) is 16.3. The summed E-state index contributed by atoms with van der Waals surface area (Å²) in [6.07, 6.45) is 0.0632. The molecule has 1 heterocycles. The van der Waals surface area contributed by atoms with Crippen LogP contribution in [0.3, 0.4) is 0 Å². The van der Waals surface area contributed by atoms with Gasteiger partial charge in [-0.15, -0.1) is 0 Å². The van der Waals surface area contributed by atoms with E-state index in [9.17, 15) is 28.8 Å². The third kappa shape index (κ3) is 8.03. The van der Waals surface area contributed by atoms with Crippen molar-refractivity contribution >= 4 is 35.6 Å². The largest absolute Gasteiger partial charge is 0.481 e. The molecule has 0 aromatic carbocycles. The summed E-state index contributed by atoms with van der Waals surface area (Å²) in [7, 11) is 0. The number of carbonyl (C=O) groups is 6. The number of primary amides is 1. The van der Waals surface area contributed by atoms with Gasteiger partial charge < -0.3 is 37.2 Å². The van der Waals surface area contributed by atoms with Gasteiger partial charge >= 0.3 is 11.9 Å². The van der Waals surface area contributed by atoms with Crippen molar-refractivity contribution in [1.29, 1.82) is 0 Å². The number of carbonyl (C=O) groups excluding carboxylic acids is 4. The molecule has 0 radical (unpaired) electrons. The minimum Gasteiger partial charge on any atom is -0.481 e. The second-order valence-electron chi connectivity index (χ2n) is 6.91. The molecule has 168 valence electrons. The molecule has 1 fully saturated rings. The van der Waals surface area contributed by atoms with Gasteiger partial charge in [-0.3, -0.25) is 28.8 Å². The van der Waals surface area contributed by atoms with Crippen LogP contribution in [-0.2, 0) is 28.8 Å². The number of nitrogens with zero attached hydrogens (tertiary/aromatic N) is 1. The summed E-state index contributed by atoms with van der Waals surface area (Å²) in [6, 6.07) is -3.22. The first-order valence-corrected chi connectivity index (χ1v) is 9.39. The Labute approximate surface area is 172 Å². The van der Waals surface area contributed by atoms with Crippen molar-refractivity contribution in [3.63, 3.8) is 0 Å². The number of amides is 4. The van der Waals surface area contributed by atoms with E-state index >= 15 is 0 Å². The van der Waals surface area contributed by atoms with Gasteiger partial charge in [-0.05, 0) is 25.7 Å². The lowest BCUT2D eigenvalue weighted by Crippen LogP contribution is -2.55. The molecule has 8 N–H and O–H groups in total. The van der Waals surface area contributed by atoms with Crippen LogP contribution in [0.25, 0.3) is 0 Å². The zero-order chi connectivity index (χ0) is 22.8. The van der Waals surface area contributed by atoms with Crippen molar-refractivity contribution in [3.8, 4) is 0 Å². The van der Waals surface area contributed by atoms with E-state index in [4.69, 9.17) is 21.7 Å². The number of likely N-dealkylation sites (tertiary alicyclic amines) is 1. The van der Waals surface area contributed by atoms with Crippen LogP contribution >= 0.6 is 0 Å². The number of hydrogen-bond acceptors (Lipinski definition) is 7. The quantitative estimate of drug-likeness (QED) is 0.187. The highest BCUT2D eigenvalue weighted by Gasteiger charge is 2.37. The molecule has 1 aliphatic heterocycles. The molecular formula is C17H27N5O8. The van der Waals surface area contributed by atoms with Gasteiger partial charge in [-0.25, -0.2) is 0 Å². The van der Waals surface area contributed by atoms with Crippen LogP contribution in [0.2, 0.25) is 0 Å². The first kappa shape index (κ1) is 24.8. The fourth-order valence-electron chi connectivity index (χ4n) is 3.03. The average Bonchev–Trinajstić information content (AvgIpc) is 3.16. The van der Waals surface area contributed by atoms with Gasteiger partial charge in [0.25, 0.3) is 0 Å². The van der Waals surface area contributed by atoms with Crippen LogP contribution in [0.4, 0.5) is 0 Å². The van der Waals surface area contributed by atoms with E-state index in [-0.39, 0.29) is 32.2 Å². The Hall–Kier alpha value is -3.22. The van der Waals surface area contributed by atoms with Crippen LogP contribution in [0, 0.1) is 0 Å². The molecule has 0 aromatic rings. The van der Waals surface area contributed by atoms with Crippen molar-refractivity contribution in [1.82, 2.24) is 15.5 Å². The molecule has 13 heteroatoms. The summed E-state index contributed by atoms with van der Waals surface area (Å²) >= 11 is 0. The monoisotopic (exact) mass is 429 g/mol. The zero-order valence-corrected chi connectivity index (χ0v) is 16.3. The predicted octanol–water partition coefficient (Wildman–Crippen LogP) is -2.88. The van der Waals surface area contributed by atoms with E-state index in [1.54, 1.807) is 0 Å². The van der Waals surface area contributed by atoms with Crippen molar-refractivity contribution < 1.29 is 39.0 Å². The molecule has 3 unspecified atom stereocenters. The number of nitrogens with one attached hydrogen (secondary N) is 2. The first-order chi connectivity index (χ1) is 14.0. The smallest absolute Gasteiger partial charge is 0.322 e. The number of aliphatic carboxylic acids is 2. The second-order valence-corrected chi connectivity index (χ2v) is 6.91. The average molecular weight is 429 g/mol. The lowest BCUT2D eigenvalue weighted by Gasteiger charge is -2.28. The van der Waals surface area contributed by atoms with Gasteiger partial charge in [0.15, 0.2) is 0 Å². The lowest BCUT2D eigenvalue weighted by atomic mass is 10.1. The Morgan fingerprint density at radius 3 is 2.27 bits per heavy atom. The number of hydrogen-bond donors (Lipinski definition) is 6. The van der Waals surface area contributed by atoms with Gasteiger partial charge in [0.05, 0.1) is 6.04 Å². The van der Waals surface area contributed by atoms with Gasteiger partial charge in [0.2, 0.25) is 23.6 Å². The highest BCUT2D eigenvalue weighted by molar-refractivity contribution is 5.94.